The van der Waals surface area contributed by atoms with Crippen LogP contribution in [0.25, 0.3) is 0 Å². The van der Waals surface area contributed by atoms with Crippen molar-refractivity contribution < 1.29 is 14.3 Å². The van der Waals surface area contributed by atoms with Crippen molar-refractivity contribution in [2.45, 2.75) is 26.3 Å². The molecule has 6 heteroatoms. The Labute approximate surface area is 109 Å². The summed E-state index contributed by atoms with van der Waals surface area (Å²) >= 11 is 0. The molecule has 1 aromatic carbocycles. The molecule has 0 aliphatic heterocycles. The minimum absolute atomic E-state index is 0.0102. The third-order valence-corrected chi connectivity index (χ3v) is 2.77. The summed E-state index contributed by atoms with van der Waals surface area (Å²) in [6, 6.07) is 5.95. The summed E-state index contributed by atoms with van der Waals surface area (Å²) < 4.78 is 14.4. The van der Waals surface area contributed by atoms with Crippen LogP contribution in [0.15, 0.2) is 24.3 Å². The van der Waals surface area contributed by atoms with E-state index in [0.29, 0.717) is 12.1 Å². The fourth-order valence-electron chi connectivity index (χ4n) is 1.85. The van der Waals surface area contributed by atoms with Crippen LogP contribution in [0.5, 0.6) is 0 Å². The van der Waals surface area contributed by atoms with Gasteiger partial charge >= 0.3 is 5.97 Å². The Bertz CT molecular complexity index is 590. The van der Waals surface area contributed by atoms with E-state index in [0.717, 1.165) is 5.56 Å². The molecule has 1 N–H and O–H groups in total. The highest BCUT2D eigenvalue weighted by Crippen LogP contribution is 2.16. The highest BCUT2D eigenvalue weighted by atomic mass is 19.1. The van der Waals surface area contributed by atoms with Crippen molar-refractivity contribution >= 4 is 5.97 Å². The maximum absolute atomic E-state index is 12.9. The quantitative estimate of drug-likeness (QED) is 0.918. The second kappa shape index (κ2) is 5.17. The fourth-order valence-corrected chi connectivity index (χ4v) is 1.85. The van der Waals surface area contributed by atoms with Crippen LogP contribution < -0.4 is 0 Å². The average molecular weight is 263 g/mol. The van der Waals surface area contributed by atoms with Crippen molar-refractivity contribution in [2.24, 2.45) is 0 Å². The normalized spacial score (nSPS) is 10.9. The van der Waals surface area contributed by atoms with Crippen LogP contribution >= 0.6 is 0 Å². The van der Waals surface area contributed by atoms with Crippen LogP contribution in [0.4, 0.5) is 4.39 Å². The summed E-state index contributed by atoms with van der Waals surface area (Å²) in [5, 5.41) is 16.7. The van der Waals surface area contributed by atoms with Gasteiger partial charge in [-0.15, -0.1) is 5.10 Å². The Balaban J connectivity index is 2.39. The Morgan fingerprint density at radius 3 is 2.53 bits per heavy atom. The molecule has 0 fully saturated rings. The monoisotopic (exact) mass is 263 g/mol. The van der Waals surface area contributed by atoms with Gasteiger partial charge in [0, 0.05) is 12.5 Å². The highest BCUT2D eigenvalue weighted by molar-refractivity contribution is 5.86. The summed E-state index contributed by atoms with van der Waals surface area (Å²) in [6.07, 6.45) is 0.354. The molecule has 1 heterocycles. The molecule has 2 rings (SSSR count). The lowest BCUT2D eigenvalue weighted by molar-refractivity contribution is 0.0689. The number of nitrogens with zero attached hydrogens (tertiary/aromatic N) is 3. The fraction of sp³-hybridized carbons (Fsp3) is 0.308. The van der Waals surface area contributed by atoms with Crippen molar-refractivity contribution in [3.05, 3.63) is 47.0 Å². The van der Waals surface area contributed by atoms with E-state index < -0.39 is 5.97 Å². The van der Waals surface area contributed by atoms with E-state index in [1.54, 1.807) is 16.8 Å². The molecule has 0 unspecified atom stereocenters. The van der Waals surface area contributed by atoms with E-state index in [4.69, 9.17) is 5.11 Å². The van der Waals surface area contributed by atoms with Crippen LogP contribution in [0.2, 0.25) is 0 Å². The van der Waals surface area contributed by atoms with Gasteiger partial charge in [0.1, 0.15) is 5.82 Å². The maximum Gasteiger partial charge on any atom is 0.358 e. The van der Waals surface area contributed by atoms with Crippen LogP contribution in [0.3, 0.4) is 0 Å². The van der Waals surface area contributed by atoms with Gasteiger partial charge < -0.3 is 5.11 Å². The number of carbonyl (C=O) groups is 1. The average Bonchev–Trinajstić information content (AvgIpc) is 2.76. The zero-order chi connectivity index (χ0) is 14.0. The zero-order valence-corrected chi connectivity index (χ0v) is 10.7. The number of rotatable bonds is 4. The molecular weight excluding hydrogens is 249 g/mol. The largest absolute Gasteiger partial charge is 0.476 e. The van der Waals surface area contributed by atoms with Gasteiger partial charge in [-0.2, -0.15) is 0 Å². The van der Waals surface area contributed by atoms with Gasteiger partial charge in [-0.3, -0.25) is 0 Å². The van der Waals surface area contributed by atoms with Crippen LogP contribution in [-0.2, 0) is 6.42 Å². The molecule has 0 saturated carbocycles. The van der Waals surface area contributed by atoms with Gasteiger partial charge in [-0.1, -0.05) is 17.3 Å². The summed E-state index contributed by atoms with van der Waals surface area (Å²) in [7, 11) is 0. The molecule has 0 radical (unpaired) electrons. The lowest BCUT2D eigenvalue weighted by atomic mass is 10.1. The minimum Gasteiger partial charge on any atom is -0.476 e. The molecule has 0 atom stereocenters. The number of aromatic carboxylic acids is 1. The summed E-state index contributed by atoms with van der Waals surface area (Å²) in [6.45, 7) is 3.79. The molecule has 100 valence electrons. The van der Waals surface area contributed by atoms with Gasteiger partial charge in [0.15, 0.2) is 5.69 Å². The second-order valence-electron chi connectivity index (χ2n) is 4.53. The van der Waals surface area contributed by atoms with Gasteiger partial charge in [0.25, 0.3) is 0 Å². The van der Waals surface area contributed by atoms with Gasteiger partial charge in [-0.25, -0.2) is 13.9 Å². The smallest absolute Gasteiger partial charge is 0.358 e. The second-order valence-corrected chi connectivity index (χ2v) is 4.53. The first-order valence-corrected chi connectivity index (χ1v) is 5.91. The van der Waals surface area contributed by atoms with Gasteiger partial charge in [0.2, 0.25) is 0 Å². The Morgan fingerprint density at radius 2 is 2.00 bits per heavy atom. The molecule has 0 bridgehead atoms. The highest BCUT2D eigenvalue weighted by Gasteiger charge is 2.20. The number of aromatic nitrogens is 3. The number of carboxylic acid groups (broad SMARTS) is 1. The van der Waals surface area contributed by atoms with Gasteiger partial charge in [0.05, 0.1) is 5.69 Å². The van der Waals surface area contributed by atoms with Crippen molar-refractivity contribution in [1.29, 1.82) is 0 Å². The van der Waals surface area contributed by atoms with E-state index in [9.17, 15) is 9.18 Å². The standard InChI is InChI=1S/C13H14FN3O2/c1-8(2)17-11(12(13(18)19)15-16-17)7-9-3-5-10(14)6-4-9/h3-6,8H,7H2,1-2H3,(H,18,19). The molecule has 19 heavy (non-hydrogen) atoms. The SMILES string of the molecule is CC(C)n1nnc(C(=O)O)c1Cc1ccc(F)cc1. The van der Waals surface area contributed by atoms with Crippen LogP contribution in [-0.4, -0.2) is 26.1 Å². The lowest BCUT2D eigenvalue weighted by Crippen LogP contribution is -2.11. The Kier molecular flexibility index (Phi) is 3.59. The minimum atomic E-state index is -1.11. The van der Waals surface area contributed by atoms with E-state index in [1.165, 1.54) is 12.1 Å². The zero-order valence-electron chi connectivity index (χ0n) is 10.7. The van der Waals surface area contributed by atoms with Crippen molar-refractivity contribution in [3.8, 4) is 0 Å². The molecule has 2 aromatic rings. The molecule has 0 saturated heterocycles. The predicted octanol–water partition coefficient (Wildman–Crippen LogP) is 2.29. The van der Waals surface area contributed by atoms with E-state index in [-0.39, 0.29) is 17.6 Å². The van der Waals surface area contributed by atoms with Crippen molar-refractivity contribution in [2.75, 3.05) is 0 Å². The molecular formula is C13H14FN3O2. The number of benzene rings is 1. The van der Waals surface area contributed by atoms with Crippen molar-refractivity contribution in [1.82, 2.24) is 15.0 Å². The predicted molar refractivity (Wildman–Crippen MR) is 66.6 cm³/mol. The topological polar surface area (TPSA) is 68.0 Å². The Morgan fingerprint density at radius 1 is 1.37 bits per heavy atom. The Hall–Kier alpha value is -2.24. The summed E-state index contributed by atoms with van der Waals surface area (Å²) in [5.74, 6) is -1.43. The molecule has 0 spiro atoms. The summed E-state index contributed by atoms with van der Waals surface area (Å²) in [4.78, 5) is 11.1. The van der Waals surface area contributed by atoms with Crippen molar-refractivity contribution in [3.63, 3.8) is 0 Å². The summed E-state index contributed by atoms with van der Waals surface area (Å²) in [5.41, 5.74) is 1.28. The first-order chi connectivity index (χ1) is 8.99. The third kappa shape index (κ3) is 2.78. The molecule has 0 aliphatic carbocycles. The number of halogens is 1. The third-order valence-electron chi connectivity index (χ3n) is 2.77. The molecule has 1 aromatic heterocycles. The molecule has 0 aliphatic rings. The van der Waals surface area contributed by atoms with E-state index in [1.807, 2.05) is 13.8 Å². The number of hydrogen-bond acceptors (Lipinski definition) is 3. The lowest BCUT2D eigenvalue weighted by Gasteiger charge is -2.10. The number of carboxylic acids is 1. The molecule has 0 amide bonds. The van der Waals surface area contributed by atoms with Gasteiger partial charge in [-0.05, 0) is 31.5 Å². The molecule has 5 nitrogen and oxygen atoms in total. The maximum atomic E-state index is 12.9. The first-order valence-electron chi connectivity index (χ1n) is 5.91. The number of hydrogen-bond donors (Lipinski definition) is 1. The van der Waals surface area contributed by atoms with Crippen LogP contribution in [0.1, 0.15) is 41.6 Å². The first kappa shape index (κ1) is 13.2. The van der Waals surface area contributed by atoms with Crippen LogP contribution in [0, 0.1) is 5.82 Å². The van der Waals surface area contributed by atoms with E-state index >= 15 is 0 Å². The van der Waals surface area contributed by atoms with E-state index in [2.05, 4.69) is 10.3 Å².